The molecule has 148 valence electrons. The molecule has 28 heavy (non-hydrogen) atoms. The van der Waals surface area contributed by atoms with Crippen LogP contribution in [0.25, 0.3) is 5.69 Å². The Morgan fingerprint density at radius 2 is 2.04 bits per heavy atom. The summed E-state index contributed by atoms with van der Waals surface area (Å²) in [7, 11) is 1.61. The maximum absolute atomic E-state index is 13.4. The van der Waals surface area contributed by atoms with E-state index in [1.807, 2.05) is 25.1 Å². The van der Waals surface area contributed by atoms with E-state index in [1.165, 1.54) is 19.3 Å². The van der Waals surface area contributed by atoms with E-state index in [4.69, 9.17) is 4.74 Å². The van der Waals surface area contributed by atoms with Gasteiger partial charge in [-0.15, -0.1) is 5.10 Å². The molecule has 4 bridgehead atoms. The number of alkyl halides is 1. The second-order valence-corrected chi connectivity index (χ2v) is 10.6. The first-order chi connectivity index (χ1) is 13.4. The molecule has 6 rings (SSSR count). The van der Waals surface area contributed by atoms with Gasteiger partial charge >= 0.3 is 0 Å². The normalized spacial score (nSPS) is 33.1. The average Bonchev–Trinajstić information content (AvgIpc) is 3.05. The molecule has 4 fully saturated rings. The number of carbonyl (C=O) groups is 1. The maximum Gasteiger partial charge on any atom is 0.230 e. The molecule has 0 spiro atoms. The smallest absolute Gasteiger partial charge is 0.230 e. The van der Waals surface area contributed by atoms with Crippen molar-refractivity contribution in [2.45, 2.75) is 49.8 Å². The number of anilines is 1. The summed E-state index contributed by atoms with van der Waals surface area (Å²) in [6.45, 7) is 1.83. The summed E-state index contributed by atoms with van der Waals surface area (Å²) in [5.74, 6) is 2.80. The summed E-state index contributed by atoms with van der Waals surface area (Å²) in [4.78, 5) is 13.4. The maximum atomic E-state index is 13.4. The molecule has 1 amide bonds. The van der Waals surface area contributed by atoms with Gasteiger partial charge in [-0.05, 0) is 85.9 Å². The van der Waals surface area contributed by atoms with Crippen molar-refractivity contribution in [1.82, 2.24) is 20.2 Å². The fourth-order valence-corrected chi connectivity index (χ4v) is 7.52. The first kappa shape index (κ1) is 18.1. The van der Waals surface area contributed by atoms with Gasteiger partial charge in [0.15, 0.2) is 5.82 Å². The van der Waals surface area contributed by atoms with E-state index in [2.05, 4.69) is 36.8 Å². The van der Waals surface area contributed by atoms with Crippen LogP contribution in [0.3, 0.4) is 0 Å². The number of aryl methyl sites for hydroxylation is 1. The molecule has 4 aliphatic carbocycles. The molecule has 2 unspecified atom stereocenters. The number of nitrogens with one attached hydrogen (secondary N) is 1. The third kappa shape index (κ3) is 2.84. The highest BCUT2D eigenvalue weighted by Crippen LogP contribution is 2.64. The average molecular weight is 446 g/mol. The van der Waals surface area contributed by atoms with E-state index in [0.717, 1.165) is 24.9 Å². The van der Waals surface area contributed by atoms with E-state index < -0.39 is 0 Å². The summed E-state index contributed by atoms with van der Waals surface area (Å²) in [5, 5.41) is 14.9. The minimum absolute atomic E-state index is 0.148. The van der Waals surface area contributed by atoms with Gasteiger partial charge in [0.25, 0.3) is 0 Å². The lowest BCUT2D eigenvalue weighted by Crippen LogP contribution is -2.57. The molecular weight excluding hydrogens is 422 g/mol. The molecule has 1 aromatic carbocycles. The number of rotatable bonds is 4. The monoisotopic (exact) mass is 445 g/mol. The van der Waals surface area contributed by atoms with Gasteiger partial charge in [0.2, 0.25) is 5.91 Å². The van der Waals surface area contributed by atoms with Crippen molar-refractivity contribution in [2.24, 2.45) is 17.3 Å². The molecule has 7 nitrogen and oxygen atoms in total. The van der Waals surface area contributed by atoms with Crippen molar-refractivity contribution in [3.05, 3.63) is 24.0 Å². The molecule has 0 aliphatic heterocycles. The highest BCUT2D eigenvalue weighted by molar-refractivity contribution is 9.10. The fraction of sp³-hybridized carbons (Fsp3) is 0.600. The molecule has 0 radical (unpaired) electrons. The Morgan fingerprint density at radius 3 is 2.64 bits per heavy atom. The second kappa shape index (κ2) is 6.27. The first-order valence-corrected chi connectivity index (χ1v) is 10.6. The third-order valence-electron chi connectivity index (χ3n) is 6.76. The molecule has 8 heteroatoms. The van der Waals surface area contributed by atoms with Crippen molar-refractivity contribution in [3.8, 4) is 11.4 Å². The van der Waals surface area contributed by atoms with Crippen LogP contribution in [0.1, 0.15) is 44.3 Å². The van der Waals surface area contributed by atoms with E-state index in [0.29, 0.717) is 29.1 Å². The highest BCUT2D eigenvalue weighted by atomic mass is 79.9. The Balaban J connectivity index is 1.44. The number of benzene rings is 1. The summed E-state index contributed by atoms with van der Waals surface area (Å²) in [6, 6.07) is 5.60. The molecule has 4 saturated carbocycles. The number of methoxy groups -OCH3 is 1. The van der Waals surface area contributed by atoms with Crippen molar-refractivity contribution in [2.75, 3.05) is 12.4 Å². The number of hydrogen-bond acceptors (Lipinski definition) is 5. The third-order valence-corrected chi connectivity index (χ3v) is 7.69. The van der Waals surface area contributed by atoms with Crippen LogP contribution in [0.2, 0.25) is 0 Å². The molecule has 2 atom stereocenters. The van der Waals surface area contributed by atoms with Gasteiger partial charge in [0.1, 0.15) is 11.4 Å². The Labute approximate surface area is 172 Å². The van der Waals surface area contributed by atoms with Crippen LogP contribution in [0.15, 0.2) is 18.2 Å². The lowest BCUT2D eigenvalue weighted by atomic mass is 9.49. The number of halogens is 1. The number of amides is 1. The van der Waals surface area contributed by atoms with Crippen LogP contribution in [0, 0.1) is 24.2 Å². The van der Waals surface area contributed by atoms with Crippen LogP contribution in [-0.4, -0.2) is 37.5 Å². The molecule has 2 aromatic rings. The van der Waals surface area contributed by atoms with E-state index in [9.17, 15) is 4.79 Å². The van der Waals surface area contributed by atoms with Crippen molar-refractivity contribution in [1.29, 1.82) is 0 Å². The molecular formula is C20H24BrN5O2. The SMILES string of the molecule is COc1ccc(NC(=O)C23CC4CC(CC(Br)(C4)C2)C3)cc1-n1nnnc1C. The van der Waals surface area contributed by atoms with Crippen LogP contribution in [-0.2, 0) is 4.79 Å². The van der Waals surface area contributed by atoms with Gasteiger partial charge in [0, 0.05) is 10.0 Å². The Morgan fingerprint density at radius 1 is 1.29 bits per heavy atom. The number of tetrazole rings is 1. The zero-order valence-corrected chi connectivity index (χ0v) is 17.7. The van der Waals surface area contributed by atoms with Gasteiger partial charge in [-0.1, -0.05) is 15.9 Å². The number of hydrogen-bond donors (Lipinski definition) is 1. The van der Waals surface area contributed by atoms with Gasteiger partial charge in [-0.2, -0.15) is 4.68 Å². The standard InChI is InChI=1S/C20H24BrN5O2/c1-12-23-24-25-26(12)16-6-15(3-4-17(16)28-2)22-18(27)19-7-13-5-14(8-19)10-20(21,9-13)11-19/h3-4,6,13-14H,5,7-11H2,1-2H3,(H,22,27). The lowest BCUT2D eigenvalue weighted by molar-refractivity contribution is -0.138. The van der Waals surface area contributed by atoms with Gasteiger partial charge in [-0.3, -0.25) is 4.79 Å². The molecule has 1 heterocycles. The zero-order chi connectivity index (χ0) is 19.5. The Hall–Kier alpha value is -1.96. The minimum Gasteiger partial charge on any atom is -0.494 e. The zero-order valence-electron chi connectivity index (χ0n) is 16.1. The van der Waals surface area contributed by atoms with Gasteiger partial charge < -0.3 is 10.1 Å². The van der Waals surface area contributed by atoms with Crippen molar-refractivity contribution < 1.29 is 9.53 Å². The number of nitrogens with zero attached hydrogens (tertiary/aromatic N) is 4. The van der Waals surface area contributed by atoms with E-state index in [1.54, 1.807) is 11.8 Å². The molecule has 0 saturated heterocycles. The quantitative estimate of drug-likeness (QED) is 0.726. The van der Waals surface area contributed by atoms with E-state index >= 15 is 0 Å². The molecule has 1 N–H and O–H groups in total. The van der Waals surface area contributed by atoms with Crippen LogP contribution >= 0.6 is 15.9 Å². The Bertz CT molecular complexity index is 928. The summed E-state index contributed by atoms with van der Waals surface area (Å²) in [5.41, 5.74) is 1.21. The number of ether oxygens (including phenoxy) is 1. The number of carbonyl (C=O) groups excluding carboxylic acids is 1. The van der Waals surface area contributed by atoms with Crippen LogP contribution in [0.5, 0.6) is 5.75 Å². The predicted octanol–water partition coefficient (Wildman–Crippen LogP) is 3.65. The summed E-state index contributed by atoms with van der Waals surface area (Å²) in [6.07, 6.45) is 6.67. The van der Waals surface area contributed by atoms with Crippen molar-refractivity contribution >= 4 is 27.5 Å². The molecule has 4 aliphatic rings. The topological polar surface area (TPSA) is 81.9 Å². The fourth-order valence-electron chi connectivity index (χ4n) is 6.07. The first-order valence-electron chi connectivity index (χ1n) is 9.84. The van der Waals surface area contributed by atoms with Gasteiger partial charge in [0.05, 0.1) is 12.5 Å². The lowest BCUT2D eigenvalue weighted by Gasteiger charge is -2.59. The minimum atomic E-state index is -0.252. The highest BCUT2D eigenvalue weighted by Gasteiger charge is 2.59. The summed E-state index contributed by atoms with van der Waals surface area (Å²) >= 11 is 3.99. The largest absolute Gasteiger partial charge is 0.494 e. The second-order valence-electron chi connectivity index (χ2n) is 8.87. The molecule has 1 aromatic heterocycles. The summed E-state index contributed by atoms with van der Waals surface area (Å²) < 4.78 is 7.24. The Kier molecular flexibility index (Phi) is 4.05. The van der Waals surface area contributed by atoms with E-state index in [-0.39, 0.29) is 15.6 Å². The van der Waals surface area contributed by atoms with Crippen LogP contribution in [0.4, 0.5) is 5.69 Å². The van der Waals surface area contributed by atoms with Crippen LogP contribution < -0.4 is 10.1 Å². The van der Waals surface area contributed by atoms with Gasteiger partial charge in [-0.25, -0.2) is 0 Å². The number of aromatic nitrogens is 4. The predicted molar refractivity (Wildman–Crippen MR) is 108 cm³/mol. The van der Waals surface area contributed by atoms with Crippen molar-refractivity contribution in [3.63, 3.8) is 0 Å².